The molecule has 1 aliphatic rings. The highest BCUT2D eigenvalue weighted by Gasteiger charge is 2.60. The molecule has 9 heteroatoms. The highest BCUT2D eigenvalue weighted by molar-refractivity contribution is 6.32. The number of ketones is 2. The molecule has 32 heavy (non-hydrogen) atoms. The zero-order valence-corrected chi connectivity index (χ0v) is 18.2. The molecule has 1 aromatic heterocycles. The van der Waals surface area contributed by atoms with E-state index in [-0.39, 0.29) is 41.7 Å². The molecule has 1 aliphatic carbocycles. The first-order valence-corrected chi connectivity index (χ1v) is 10.2. The summed E-state index contributed by atoms with van der Waals surface area (Å²) in [5.74, 6) is -1.79. The summed E-state index contributed by atoms with van der Waals surface area (Å²) in [7, 11) is 0. The Morgan fingerprint density at radius 3 is 2.31 bits per heavy atom. The maximum absolute atomic E-state index is 13.5. The SMILES string of the molecule is CCOC(=O)Oc1cc(C(C)C)ccc1C1(OC(=O)OCC)C(=O)c2cccnc2C1=O. The summed E-state index contributed by atoms with van der Waals surface area (Å²) in [5, 5.41) is 0. The number of Topliss-reactive ketones (excluding diaryl/α,β-unsaturated/α-hetero) is 2. The molecule has 168 valence electrons. The van der Waals surface area contributed by atoms with Crippen molar-refractivity contribution in [2.45, 2.75) is 39.2 Å². The molecule has 0 saturated heterocycles. The molecular weight excluding hydrogens is 418 g/mol. The Balaban J connectivity index is 2.24. The third-order valence-electron chi connectivity index (χ3n) is 4.91. The second kappa shape index (κ2) is 9.17. The van der Waals surface area contributed by atoms with Crippen LogP contribution in [0.4, 0.5) is 9.59 Å². The maximum atomic E-state index is 13.5. The minimum atomic E-state index is -2.46. The number of rotatable bonds is 6. The van der Waals surface area contributed by atoms with Crippen molar-refractivity contribution in [2.75, 3.05) is 13.2 Å². The molecule has 0 bridgehead atoms. The average Bonchev–Trinajstić information content (AvgIpc) is 2.96. The minimum absolute atomic E-state index is 0.0168. The van der Waals surface area contributed by atoms with Gasteiger partial charge in [-0.3, -0.25) is 14.6 Å². The monoisotopic (exact) mass is 441 g/mol. The molecule has 1 unspecified atom stereocenters. The number of carbonyl (C=O) groups is 4. The fourth-order valence-corrected chi connectivity index (χ4v) is 3.40. The van der Waals surface area contributed by atoms with E-state index in [4.69, 9.17) is 18.9 Å². The Kier molecular flexibility index (Phi) is 6.57. The number of ether oxygens (including phenoxy) is 4. The van der Waals surface area contributed by atoms with Crippen LogP contribution in [0.1, 0.15) is 65.6 Å². The summed E-state index contributed by atoms with van der Waals surface area (Å²) < 4.78 is 20.4. The number of hydrogen-bond acceptors (Lipinski definition) is 9. The van der Waals surface area contributed by atoms with Gasteiger partial charge < -0.3 is 18.9 Å². The number of fused-ring (bicyclic) bond motifs is 1. The average molecular weight is 441 g/mol. The molecule has 0 radical (unpaired) electrons. The van der Waals surface area contributed by atoms with Crippen LogP contribution in [-0.2, 0) is 19.8 Å². The highest BCUT2D eigenvalue weighted by Crippen LogP contribution is 2.44. The zero-order chi connectivity index (χ0) is 23.5. The van der Waals surface area contributed by atoms with E-state index in [1.165, 1.54) is 30.5 Å². The van der Waals surface area contributed by atoms with Crippen LogP contribution in [0.25, 0.3) is 0 Å². The van der Waals surface area contributed by atoms with Crippen LogP contribution in [0.2, 0.25) is 0 Å². The van der Waals surface area contributed by atoms with Crippen LogP contribution in [0, 0.1) is 0 Å². The first-order chi connectivity index (χ1) is 15.3. The molecule has 0 aliphatic heterocycles. The quantitative estimate of drug-likeness (QED) is 0.369. The van der Waals surface area contributed by atoms with Crippen molar-refractivity contribution >= 4 is 23.9 Å². The Labute approximate surface area is 184 Å². The normalized spacial score (nSPS) is 17.2. The lowest BCUT2D eigenvalue weighted by molar-refractivity contribution is -0.0135. The number of carbonyl (C=O) groups excluding carboxylic acids is 4. The van der Waals surface area contributed by atoms with Gasteiger partial charge in [-0.2, -0.15) is 0 Å². The number of aromatic nitrogens is 1. The van der Waals surface area contributed by atoms with Gasteiger partial charge in [0.05, 0.1) is 24.3 Å². The van der Waals surface area contributed by atoms with E-state index in [0.29, 0.717) is 0 Å². The van der Waals surface area contributed by atoms with Crippen LogP contribution < -0.4 is 4.74 Å². The van der Waals surface area contributed by atoms with Gasteiger partial charge in [0.15, 0.2) is 0 Å². The molecule has 0 N–H and O–H groups in total. The molecule has 0 amide bonds. The fourth-order valence-electron chi connectivity index (χ4n) is 3.40. The molecule has 2 aromatic rings. The fraction of sp³-hybridized carbons (Fsp3) is 0.348. The predicted octanol–water partition coefficient (Wildman–Crippen LogP) is 4.19. The number of nitrogens with zero attached hydrogens (tertiary/aromatic N) is 1. The largest absolute Gasteiger partial charge is 0.513 e. The second-order valence-electron chi connectivity index (χ2n) is 7.22. The van der Waals surface area contributed by atoms with E-state index in [2.05, 4.69) is 4.98 Å². The third-order valence-corrected chi connectivity index (χ3v) is 4.91. The topological polar surface area (TPSA) is 118 Å². The molecule has 1 heterocycles. The number of hydrogen-bond donors (Lipinski definition) is 0. The molecule has 0 saturated carbocycles. The van der Waals surface area contributed by atoms with Crippen molar-refractivity contribution in [2.24, 2.45) is 0 Å². The number of benzene rings is 1. The van der Waals surface area contributed by atoms with E-state index in [1.54, 1.807) is 19.9 Å². The summed E-state index contributed by atoms with van der Waals surface area (Å²) >= 11 is 0. The molecule has 1 aromatic carbocycles. The number of pyridine rings is 1. The van der Waals surface area contributed by atoms with Gasteiger partial charge in [0.25, 0.3) is 5.60 Å². The van der Waals surface area contributed by atoms with Crippen LogP contribution in [0.15, 0.2) is 36.5 Å². The second-order valence-corrected chi connectivity index (χ2v) is 7.22. The van der Waals surface area contributed by atoms with Crippen LogP contribution in [0.5, 0.6) is 5.75 Å². The van der Waals surface area contributed by atoms with Gasteiger partial charge in [-0.1, -0.05) is 19.9 Å². The molecular formula is C23H23NO8. The lowest BCUT2D eigenvalue weighted by Crippen LogP contribution is -2.44. The van der Waals surface area contributed by atoms with Crippen molar-refractivity contribution in [3.63, 3.8) is 0 Å². The summed E-state index contributed by atoms with van der Waals surface area (Å²) in [6, 6.07) is 7.48. The lowest BCUT2D eigenvalue weighted by atomic mass is 9.86. The van der Waals surface area contributed by atoms with Crippen LogP contribution in [-0.4, -0.2) is 42.1 Å². The summed E-state index contributed by atoms with van der Waals surface area (Å²) in [5.41, 5.74) is -2.00. The first-order valence-electron chi connectivity index (χ1n) is 10.2. The van der Waals surface area contributed by atoms with Crippen LogP contribution >= 0.6 is 0 Å². The summed E-state index contributed by atoms with van der Waals surface area (Å²) in [4.78, 5) is 55.4. The van der Waals surface area contributed by atoms with Gasteiger partial charge >= 0.3 is 12.3 Å². The van der Waals surface area contributed by atoms with Gasteiger partial charge in [-0.05, 0) is 49.6 Å². The van der Waals surface area contributed by atoms with Crippen molar-refractivity contribution in [3.8, 4) is 5.75 Å². The van der Waals surface area contributed by atoms with Gasteiger partial charge in [-0.25, -0.2) is 9.59 Å². The molecule has 3 rings (SSSR count). The van der Waals surface area contributed by atoms with Crippen molar-refractivity contribution in [1.29, 1.82) is 0 Å². The van der Waals surface area contributed by atoms with Gasteiger partial charge in [0.2, 0.25) is 11.6 Å². The van der Waals surface area contributed by atoms with Gasteiger partial charge in [0.1, 0.15) is 11.4 Å². The Bertz CT molecular complexity index is 1040. The lowest BCUT2D eigenvalue weighted by Gasteiger charge is -2.27. The predicted molar refractivity (Wildman–Crippen MR) is 111 cm³/mol. The molecule has 9 nitrogen and oxygen atoms in total. The third kappa shape index (κ3) is 3.93. The highest BCUT2D eigenvalue weighted by atomic mass is 16.7. The Morgan fingerprint density at radius 1 is 1.00 bits per heavy atom. The smallest absolute Gasteiger partial charge is 0.435 e. The van der Waals surface area contributed by atoms with E-state index in [9.17, 15) is 19.2 Å². The van der Waals surface area contributed by atoms with Crippen LogP contribution in [0.3, 0.4) is 0 Å². The minimum Gasteiger partial charge on any atom is -0.435 e. The summed E-state index contributed by atoms with van der Waals surface area (Å²) in [6.45, 7) is 7.00. The summed E-state index contributed by atoms with van der Waals surface area (Å²) in [6.07, 6.45) is -0.908. The first kappa shape index (κ1) is 22.9. The zero-order valence-electron chi connectivity index (χ0n) is 18.2. The molecule has 0 spiro atoms. The van der Waals surface area contributed by atoms with Crippen molar-refractivity contribution in [1.82, 2.24) is 4.98 Å². The van der Waals surface area contributed by atoms with Gasteiger partial charge in [0, 0.05) is 6.20 Å². The maximum Gasteiger partial charge on any atom is 0.513 e. The van der Waals surface area contributed by atoms with E-state index < -0.39 is 29.5 Å². The van der Waals surface area contributed by atoms with Crippen molar-refractivity contribution in [3.05, 3.63) is 58.9 Å². The Morgan fingerprint density at radius 2 is 1.69 bits per heavy atom. The van der Waals surface area contributed by atoms with Crippen molar-refractivity contribution < 1.29 is 38.1 Å². The van der Waals surface area contributed by atoms with Gasteiger partial charge in [-0.15, -0.1) is 0 Å². The molecule has 1 atom stereocenters. The molecule has 0 fully saturated rings. The van der Waals surface area contributed by atoms with E-state index in [1.807, 2.05) is 13.8 Å². The standard InChI is InChI=1S/C23H23NO8/c1-5-29-21(27)31-17-12-14(13(3)4)9-10-16(17)23(32-22(28)30-6-2)19(25)15-8-7-11-24-18(15)20(23)26/h7-13H,5-6H2,1-4H3. The van der Waals surface area contributed by atoms with E-state index >= 15 is 0 Å². The van der Waals surface area contributed by atoms with E-state index in [0.717, 1.165) is 5.56 Å². The Hall–Kier alpha value is -3.75.